The molecule has 0 atom stereocenters. The van der Waals surface area contributed by atoms with Crippen LogP contribution in [0.4, 0.5) is 15.8 Å². The molecule has 0 unspecified atom stereocenters. The fourth-order valence-corrected chi connectivity index (χ4v) is 1.14. The molecule has 1 amide bonds. The third kappa shape index (κ3) is 3.00. The summed E-state index contributed by atoms with van der Waals surface area (Å²) in [4.78, 5) is 14.4. The van der Waals surface area contributed by atoms with Crippen molar-refractivity contribution < 1.29 is 14.3 Å². The smallest absolute Gasteiger partial charge is 0.239 e. The van der Waals surface area contributed by atoms with Gasteiger partial charge < -0.3 is 10.4 Å². The number of nitrogens with one attached hydrogen (secondary N) is 1. The van der Waals surface area contributed by atoms with Crippen LogP contribution in [0.5, 0.6) is 5.75 Å². The first-order valence-corrected chi connectivity index (χ1v) is 4.99. The number of carbonyl (C=O) groups excluding carboxylic acids is 1. The fourth-order valence-electron chi connectivity index (χ4n) is 0.970. The zero-order valence-electron chi connectivity index (χ0n) is 7.83. The zero-order valence-corrected chi connectivity index (χ0v) is 9.40. The minimum Gasteiger partial charge on any atom is -0.506 e. The maximum Gasteiger partial charge on any atom is 0.239 e. The lowest BCUT2D eigenvalue weighted by Gasteiger charge is -2.06. The average Bonchev–Trinajstić information content (AvgIpc) is 2.25. The van der Waals surface area contributed by atoms with Crippen molar-refractivity contribution in [3.8, 4) is 5.75 Å². The molecule has 84 valence electrons. The summed E-state index contributed by atoms with van der Waals surface area (Å²) in [5.74, 6) is -1.98. The predicted octanol–water partition coefficient (Wildman–Crippen LogP) is 2.44. The molecule has 1 rings (SSSR count). The topological polar surface area (TPSA) is 61.7 Å². The van der Waals surface area contributed by atoms with Crippen LogP contribution in [-0.2, 0) is 4.79 Å². The van der Waals surface area contributed by atoms with Gasteiger partial charge in [0.05, 0.1) is 10.8 Å². The van der Waals surface area contributed by atoms with Gasteiger partial charge in [0, 0.05) is 6.07 Å². The second-order valence-corrected chi connectivity index (χ2v) is 3.16. The standard InChI is InChI=1S/C9H6ClFN2O2S/c10-3-9(15)13-7-2-6(12-4-16)5(11)1-8(7)14/h1-2,14H,3H2,(H,13,15). The van der Waals surface area contributed by atoms with Crippen molar-refractivity contribution in [2.75, 3.05) is 11.2 Å². The number of phenols is 1. The van der Waals surface area contributed by atoms with Crippen LogP contribution in [0.3, 0.4) is 0 Å². The minimum atomic E-state index is -0.765. The number of anilines is 1. The number of hydrogen-bond acceptors (Lipinski definition) is 4. The zero-order chi connectivity index (χ0) is 12.1. The Morgan fingerprint density at radius 3 is 2.94 bits per heavy atom. The van der Waals surface area contributed by atoms with Crippen molar-refractivity contribution in [1.29, 1.82) is 0 Å². The maximum atomic E-state index is 13.2. The van der Waals surface area contributed by atoms with Gasteiger partial charge in [-0.3, -0.25) is 4.79 Å². The van der Waals surface area contributed by atoms with Gasteiger partial charge in [0.25, 0.3) is 0 Å². The molecule has 0 aliphatic rings. The fraction of sp³-hybridized carbons (Fsp3) is 0.111. The van der Waals surface area contributed by atoms with Crippen molar-refractivity contribution in [2.24, 2.45) is 4.99 Å². The Balaban J connectivity index is 3.14. The number of aromatic hydroxyl groups is 1. The number of aliphatic imine (C=N–C) groups is 1. The third-order valence-electron chi connectivity index (χ3n) is 1.63. The average molecular weight is 261 g/mol. The van der Waals surface area contributed by atoms with E-state index in [0.717, 1.165) is 12.1 Å². The monoisotopic (exact) mass is 260 g/mol. The van der Waals surface area contributed by atoms with Gasteiger partial charge in [-0.15, -0.1) is 11.6 Å². The highest BCUT2D eigenvalue weighted by Crippen LogP contribution is 2.31. The van der Waals surface area contributed by atoms with E-state index in [0.29, 0.717) is 0 Å². The highest BCUT2D eigenvalue weighted by molar-refractivity contribution is 7.78. The molecule has 0 bridgehead atoms. The maximum absolute atomic E-state index is 13.2. The highest BCUT2D eigenvalue weighted by Gasteiger charge is 2.10. The third-order valence-corrected chi connectivity index (χ3v) is 1.96. The lowest BCUT2D eigenvalue weighted by atomic mass is 10.2. The van der Waals surface area contributed by atoms with E-state index in [1.807, 2.05) is 5.16 Å². The molecule has 1 aromatic rings. The van der Waals surface area contributed by atoms with Gasteiger partial charge in [0.1, 0.15) is 17.3 Å². The van der Waals surface area contributed by atoms with Crippen LogP contribution in [-0.4, -0.2) is 22.1 Å². The summed E-state index contributed by atoms with van der Waals surface area (Å²) in [6, 6.07) is 1.95. The number of nitrogens with zero attached hydrogens (tertiary/aromatic N) is 1. The van der Waals surface area contributed by atoms with E-state index in [2.05, 4.69) is 22.5 Å². The predicted molar refractivity (Wildman–Crippen MR) is 62.1 cm³/mol. The quantitative estimate of drug-likeness (QED) is 0.380. The molecule has 0 heterocycles. The molecule has 4 nitrogen and oxygen atoms in total. The van der Waals surface area contributed by atoms with Gasteiger partial charge in [0.2, 0.25) is 5.91 Å². The summed E-state index contributed by atoms with van der Waals surface area (Å²) >= 11 is 9.59. The molecule has 0 radical (unpaired) electrons. The van der Waals surface area contributed by atoms with Crippen LogP contribution in [0, 0.1) is 5.82 Å². The van der Waals surface area contributed by atoms with Crippen LogP contribution in [0.1, 0.15) is 0 Å². The second-order valence-electron chi connectivity index (χ2n) is 2.71. The second kappa shape index (κ2) is 5.55. The van der Waals surface area contributed by atoms with Crippen molar-refractivity contribution in [3.63, 3.8) is 0 Å². The van der Waals surface area contributed by atoms with E-state index in [9.17, 15) is 14.3 Å². The molecule has 0 aromatic heterocycles. The lowest BCUT2D eigenvalue weighted by Crippen LogP contribution is -2.12. The molecule has 0 spiro atoms. The van der Waals surface area contributed by atoms with Crippen LogP contribution < -0.4 is 5.32 Å². The number of benzene rings is 1. The van der Waals surface area contributed by atoms with Crippen LogP contribution >= 0.6 is 23.8 Å². The Kier molecular flexibility index (Phi) is 4.37. The van der Waals surface area contributed by atoms with E-state index in [1.54, 1.807) is 0 Å². The minimum absolute atomic E-state index is 0.0102. The van der Waals surface area contributed by atoms with Gasteiger partial charge in [-0.2, -0.15) is 4.99 Å². The first kappa shape index (κ1) is 12.6. The number of phenolic OH excluding ortho intramolecular Hbond substituents is 1. The number of alkyl halides is 1. The number of amides is 1. The molecule has 0 fully saturated rings. The Morgan fingerprint density at radius 1 is 1.69 bits per heavy atom. The number of carbonyl (C=O) groups is 1. The van der Waals surface area contributed by atoms with Gasteiger partial charge in [0.15, 0.2) is 5.82 Å². The van der Waals surface area contributed by atoms with E-state index in [4.69, 9.17) is 11.6 Å². The highest BCUT2D eigenvalue weighted by atomic mass is 35.5. The van der Waals surface area contributed by atoms with Crippen molar-refractivity contribution in [1.82, 2.24) is 0 Å². The Hall–Kier alpha value is -1.49. The van der Waals surface area contributed by atoms with Crippen molar-refractivity contribution in [2.45, 2.75) is 0 Å². The normalized spacial score (nSPS) is 9.38. The summed E-state index contributed by atoms with van der Waals surface area (Å²) in [5, 5.41) is 13.6. The molecule has 7 heteroatoms. The van der Waals surface area contributed by atoms with Gasteiger partial charge in [-0.05, 0) is 18.3 Å². The number of hydrogen-bond donors (Lipinski definition) is 2. The Bertz CT molecular complexity index is 475. The molecule has 0 aliphatic carbocycles. The Morgan fingerprint density at radius 2 is 2.38 bits per heavy atom. The number of rotatable bonds is 3. The molecule has 16 heavy (non-hydrogen) atoms. The lowest BCUT2D eigenvalue weighted by molar-refractivity contribution is -0.113. The van der Waals surface area contributed by atoms with Crippen LogP contribution in [0.15, 0.2) is 17.1 Å². The summed E-state index contributed by atoms with van der Waals surface area (Å²) < 4.78 is 13.2. The summed E-state index contributed by atoms with van der Waals surface area (Å²) in [6.45, 7) is 0. The first-order valence-electron chi connectivity index (χ1n) is 4.04. The summed E-state index contributed by atoms with van der Waals surface area (Å²) in [6.07, 6.45) is 0. The molecule has 2 N–H and O–H groups in total. The number of isothiocyanates is 1. The van der Waals surface area contributed by atoms with Gasteiger partial charge in [-0.1, -0.05) is 0 Å². The SMILES string of the molecule is O=C(CCl)Nc1cc(N=C=S)c(F)cc1O. The first-order chi connectivity index (χ1) is 7.58. The van der Waals surface area contributed by atoms with Gasteiger partial charge in [-0.25, -0.2) is 4.39 Å². The largest absolute Gasteiger partial charge is 0.506 e. The van der Waals surface area contributed by atoms with Crippen molar-refractivity contribution in [3.05, 3.63) is 17.9 Å². The molecular formula is C9H6ClFN2O2S. The Labute approximate surface area is 101 Å². The number of thiocarbonyl (C=S) groups is 1. The van der Waals surface area contributed by atoms with Crippen molar-refractivity contribution >= 4 is 46.3 Å². The van der Waals surface area contributed by atoms with E-state index in [-0.39, 0.29) is 17.3 Å². The van der Waals surface area contributed by atoms with E-state index < -0.39 is 17.5 Å². The van der Waals surface area contributed by atoms with Crippen LogP contribution in [0.2, 0.25) is 0 Å². The molecule has 0 saturated carbocycles. The van der Waals surface area contributed by atoms with Gasteiger partial charge >= 0.3 is 0 Å². The molecule has 0 aliphatic heterocycles. The molecular weight excluding hydrogens is 255 g/mol. The van der Waals surface area contributed by atoms with Crippen LogP contribution in [0.25, 0.3) is 0 Å². The van der Waals surface area contributed by atoms with E-state index >= 15 is 0 Å². The summed E-state index contributed by atoms with van der Waals surface area (Å²) in [5.41, 5.74) is -0.117. The number of halogens is 2. The summed E-state index contributed by atoms with van der Waals surface area (Å²) in [7, 11) is 0. The molecule has 0 saturated heterocycles. The van der Waals surface area contributed by atoms with E-state index in [1.165, 1.54) is 0 Å². The molecule has 1 aromatic carbocycles.